The van der Waals surface area contributed by atoms with Gasteiger partial charge in [0.25, 0.3) is 11.7 Å². The van der Waals surface area contributed by atoms with Crippen molar-refractivity contribution in [3.63, 3.8) is 0 Å². The topological polar surface area (TPSA) is 90.0 Å². The molecule has 8 heteroatoms. The molecule has 0 aliphatic heterocycles. The van der Waals surface area contributed by atoms with E-state index in [1.165, 1.54) is 5.56 Å². The highest BCUT2D eigenvalue weighted by molar-refractivity contribution is 5.90. The van der Waals surface area contributed by atoms with Crippen molar-refractivity contribution < 1.29 is 4.79 Å². The predicted molar refractivity (Wildman–Crippen MR) is 99.2 cm³/mol. The molecule has 4 rings (SSSR count). The molecule has 0 saturated heterocycles. The number of aryl methyl sites for hydroxylation is 2. The second-order valence-corrected chi connectivity index (χ2v) is 6.40. The van der Waals surface area contributed by atoms with Crippen LogP contribution < -0.4 is 5.32 Å². The quantitative estimate of drug-likeness (QED) is 0.586. The Morgan fingerprint density at radius 2 is 1.93 bits per heavy atom. The third-order valence-electron chi connectivity index (χ3n) is 4.15. The molecule has 3 heterocycles. The van der Waals surface area contributed by atoms with Crippen LogP contribution in [-0.4, -0.2) is 35.3 Å². The summed E-state index contributed by atoms with van der Waals surface area (Å²) >= 11 is 0. The van der Waals surface area contributed by atoms with Gasteiger partial charge in [-0.3, -0.25) is 9.48 Å². The summed E-state index contributed by atoms with van der Waals surface area (Å²) in [5.41, 5.74) is 3.80. The number of hydrogen-bond acceptors (Lipinski definition) is 5. The molecule has 0 aliphatic carbocycles. The smallest absolute Gasteiger partial charge is 0.291 e. The van der Waals surface area contributed by atoms with E-state index in [1.807, 2.05) is 49.0 Å². The minimum absolute atomic E-state index is 0.105. The van der Waals surface area contributed by atoms with Crippen LogP contribution >= 0.6 is 0 Å². The van der Waals surface area contributed by atoms with Crippen LogP contribution in [0.5, 0.6) is 0 Å². The maximum atomic E-state index is 12.4. The molecule has 0 fully saturated rings. The zero-order valence-electron chi connectivity index (χ0n) is 15.1. The zero-order valence-corrected chi connectivity index (χ0v) is 15.1. The number of carbonyl (C=O) groups is 1. The van der Waals surface area contributed by atoms with E-state index in [9.17, 15) is 4.79 Å². The largest absolute Gasteiger partial charge is 0.345 e. The lowest BCUT2D eigenvalue weighted by Crippen LogP contribution is -2.24. The van der Waals surface area contributed by atoms with E-state index in [4.69, 9.17) is 0 Å². The maximum absolute atomic E-state index is 12.4. The van der Waals surface area contributed by atoms with Gasteiger partial charge in [-0.25, -0.2) is 9.50 Å². The Kier molecular flexibility index (Phi) is 4.37. The summed E-state index contributed by atoms with van der Waals surface area (Å²) in [5, 5.41) is 11.4. The van der Waals surface area contributed by atoms with Crippen molar-refractivity contribution in [3.8, 4) is 0 Å². The number of amides is 1. The summed E-state index contributed by atoms with van der Waals surface area (Å²) < 4.78 is 3.41. The van der Waals surface area contributed by atoms with Crippen molar-refractivity contribution in [2.24, 2.45) is 0 Å². The number of aromatic nitrogens is 6. The van der Waals surface area contributed by atoms with Gasteiger partial charge < -0.3 is 5.32 Å². The van der Waals surface area contributed by atoms with Gasteiger partial charge in [0.2, 0.25) is 5.82 Å². The molecule has 0 atom stereocenters. The van der Waals surface area contributed by atoms with Gasteiger partial charge in [-0.2, -0.15) is 10.1 Å². The lowest BCUT2D eigenvalue weighted by Gasteiger charge is -2.01. The molecule has 0 spiro atoms. The Balaban J connectivity index is 1.42. The molecule has 8 nitrogen and oxygen atoms in total. The molecule has 1 N–H and O–H groups in total. The van der Waals surface area contributed by atoms with Crippen LogP contribution in [0.1, 0.15) is 33.1 Å². The minimum atomic E-state index is -0.339. The first-order valence-electron chi connectivity index (χ1n) is 8.63. The second-order valence-electron chi connectivity index (χ2n) is 6.40. The molecule has 3 aromatic heterocycles. The normalized spacial score (nSPS) is 11.0. The number of hydrogen-bond donors (Lipinski definition) is 1. The summed E-state index contributed by atoms with van der Waals surface area (Å²) in [7, 11) is 0. The molecular weight excluding hydrogens is 342 g/mol. The van der Waals surface area contributed by atoms with Crippen molar-refractivity contribution in [2.45, 2.75) is 26.9 Å². The van der Waals surface area contributed by atoms with Gasteiger partial charge in [-0.05, 0) is 25.5 Å². The molecule has 0 radical (unpaired) electrons. The summed E-state index contributed by atoms with van der Waals surface area (Å²) in [6.07, 6.45) is 3.66. The van der Waals surface area contributed by atoms with E-state index in [2.05, 4.69) is 37.6 Å². The standard InChI is InChI=1S/C19H19N7O/c1-13-8-14(2)26-19(22-13)23-17(24-26)18(27)20-9-16-10-21-25(12-16)11-15-6-4-3-5-7-15/h3-8,10,12H,9,11H2,1-2H3,(H,20,27). The number of benzene rings is 1. The van der Waals surface area contributed by atoms with Crippen LogP contribution in [0.4, 0.5) is 0 Å². The molecule has 0 saturated carbocycles. The number of fused-ring (bicyclic) bond motifs is 1. The third kappa shape index (κ3) is 3.69. The summed E-state index contributed by atoms with van der Waals surface area (Å²) in [4.78, 5) is 20.9. The Hall–Kier alpha value is -3.55. The molecule has 1 amide bonds. The average molecular weight is 361 g/mol. The third-order valence-corrected chi connectivity index (χ3v) is 4.15. The van der Waals surface area contributed by atoms with Gasteiger partial charge in [0.05, 0.1) is 12.7 Å². The molecule has 0 bridgehead atoms. The van der Waals surface area contributed by atoms with Crippen molar-refractivity contribution in [2.75, 3.05) is 0 Å². The van der Waals surface area contributed by atoms with E-state index in [0.717, 1.165) is 17.0 Å². The summed E-state index contributed by atoms with van der Waals surface area (Å²) in [6.45, 7) is 4.83. The first-order chi connectivity index (χ1) is 13.1. The van der Waals surface area contributed by atoms with Gasteiger partial charge in [-0.1, -0.05) is 30.3 Å². The molecule has 27 heavy (non-hydrogen) atoms. The van der Waals surface area contributed by atoms with Crippen LogP contribution in [0, 0.1) is 13.8 Å². The highest BCUT2D eigenvalue weighted by Crippen LogP contribution is 2.07. The van der Waals surface area contributed by atoms with Crippen LogP contribution in [0.25, 0.3) is 5.78 Å². The van der Waals surface area contributed by atoms with Crippen LogP contribution in [0.15, 0.2) is 48.8 Å². The minimum Gasteiger partial charge on any atom is -0.345 e. The van der Waals surface area contributed by atoms with E-state index >= 15 is 0 Å². The number of rotatable bonds is 5. The predicted octanol–water partition coefficient (Wildman–Crippen LogP) is 1.92. The van der Waals surface area contributed by atoms with E-state index in [0.29, 0.717) is 18.9 Å². The summed E-state index contributed by atoms with van der Waals surface area (Å²) in [6, 6.07) is 12.0. The maximum Gasteiger partial charge on any atom is 0.291 e. The number of carbonyl (C=O) groups excluding carboxylic acids is 1. The number of nitrogens with one attached hydrogen (secondary N) is 1. The van der Waals surface area contributed by atoms with E-state index in [-0.39, 0.29) is 11.7 Å². The van der Waals surface area contributed by atoms with Gasteiger partial charge >= 0.3 is 0 Å². The molecule has 0 unspecified atom stereocenters. The van der Waals surface area contributed by atoms with Gasteiger partial charge in [-0.15, -0.1) is 5.10 Å². The number of nitrogens with zero attached hydrogens (tertiary/aromatic N) is 6. The fraction of sp³-hybridized carbons (Fsp3) is 0.211. The highest BCUT2D eigenvalue weighted by Gasteiger charge is 2.15. The lowest BCUT2D eigenvalue weighted by atomic mass is 10.2. The highest BCUT2D eigenvalue weighted by atomic mass is 16.2. The Morgan fingerprint density at radius 1 is 1.11 bits per heavy atom. The fourth-order valence-electron chi connectivity index (χ4n) is 2.88. The van der Waals surface area contributed by atoms with Crippen molar-refractivity contribution >= 4 is 11.7 Å². The Morgan fingerprint density at radius 3 is 2.74 bits per heavy atom. The average Bonchev–Trinajstić information content (AvgIpc) is 3.27. The molecule has 0 aliphatic rings. The van der Waals surface area contributed by atoms with Crippen LogP contribution in [-0.2, 0) is 13.1 Å². The van der Waals surface area contributed by atoms with Crippen LogP contribution in [0.3, 0.4) is 0 Å². The van der Waals surface area contributed by atoms with Gasteiger partial charge in [0.15, 0.2) is 0 Å². The van der Waals surface area contributed by atoms with Gasteiger partial charge in [0.1, 0.15) is 0 Å². The fourth-order valence-corrected chi connectivity index (χ4v) is 2.88. The second kappa shape index (κ2) is 6.99. The SMILES string of the molecule is Cc1cc(C)n2nc(C(=O)NCc3cnn(Cc4ccccc4)c3)nc2n1. The first kappa shape index (κ1) is 16.9. The zero-order chi connectivity index (χ0) is 18.8. The van der Waals surface area contributed by atoms with E-state index in [1.54, 1.807) is 10.7 Å². The molecule has 136 valence electrons. The first-order valence-corrected chi connectivity index (χ1v) is 8.63. The van der Waals surface area contributed by atoms with Crippen molar-refractivity contribution in [1.82, 2.24) is 34.7 Å². The van der Waals surface area contributed by atoms with Gasteiger partial charge in [0, 0.05) is 29.7 Å². The summed E-state index contributed by atoms with van der Waals surface area (Å²) in [5.74, 6) is 0.189. The Bertz CT molecular complexity index is 1100. The molecular formula is C19H19N7O. The van der Waals surface area contributed by atoms with E-state index < -0.39 is 0 Å². The monoisotopic (exact) mass is 361 g/mol. The van der Waals surface area contributed by atoms with Crippen molar-refractivity contribution in [1.29, 1.82) is 0 Å². The van der Waals surface area contributed by atoms with Crippen LogP contribution in [0.2, 0.25) is 0 Å². The lowest BCUT2D eigenvalue weighted by molar-refractivity contribution is 0.0940. The molecule has 1 aromatic carbocycles. The molecule has 4 aromatic rings. The van der Waals surface area contributed by atoms with Crippen molar-refractivity contribution in [3.05, 3.63) is 77.1 Å². The Labute approximate surface area is 155 Å².